The van der Waals surface area contributed by atoms with Crippen LogP contribution in [-0.4, -0.2) is 34.1 Å². The Hall–Kier alpha value is -2.35. The molecule has 1 amide bonds. The Bertz CT molecular complexity index is 899. The lowest BCUT2D eigenvalue weighted by Crippen LogP contribution is -2.28. The van der Waals surface area contributed by atoms with E-state index >= 15 is 0 Å². The van der Waals surface area contributed by atoms with Crippen molar-refractivity contribution in [2.24, 2.45) is 0 Å². The lowest BCUT2D eigenvalue weighted by molar-refractivity contribution is -0.115. The average molecular weight is 391 g/mol. The van der Waals surface area contributed by atoms with Crippen molar-refractivity contribution >= 4 is 22.5 Å². The van der Waals surface area contributed by atoms with Crippen LogP contribution in [0.5, 0.6) is 11.5 Å². The number of aromatic nitrogens is 2. The molecular formula is C19H25N3O4S. The van der Waals surface area contributed by atoms with Gasteiger partial charge >= 0.3 is 0 Å². The molecule has 2 aromatic rings. The van der Waals surface area contributed by atoms with Crippen LogP contribution in [0.4, 0.5) is 5.82 Å². The van der Waals surface area contributed by atoms with E-state index in [1.165, 1.54) is 0 Å². The van der Waals surface area contributed by atoms with E-state index in [2.05, 4.69) is 10.4 Å². The van der Waals surface area contributed by atoms with Gasteiger partial charge in [0.25, 0.3) is 0 Å². The molecule has 8 heteroatoms. The van der Waals surface area contributed by atoms with Gasteiger partial charge in [-0.05, 0) is 38.5 Å². The third kappa shape index (κ3) is 4.00. The second kappa shape index (κ2) is 7.34. The van der Waals surface area contributed by atoms with Crippen molar-refractivity contribution in [1.29, 1.82) is 0 Å². The standard InChI is InChI=1S/C19H25N3O4S/c1-19(2,3)22-18(13-10-27(24)11-14(13)21-22)20-17(23)9-12-6-7-15(25-4)16(8-12)26-5/h6-8H,9-11H2,1-5H3,(H,20,23)/t27-/m0/s1. The van der Waals surface area contributed by atoms with Gasteiger partial charge in [-0.15, -0.1) is 0 Å². The molecule has 1 aliphatic heterocycles. The van der Waals surface area contributed by atoms with Crippen LogP contribution in [0.15, 0.2) is 18.2 Å². The fourth-order valence-electron chi connectivity index (χ4n) is 3.09. The highest BCUT2D eigenvalue weighted by molar-refractivity contribution is 7.83. The van der Waals surface area contributed by atoms with Crippen molar-refractivity contribution in [3.63, 3.8) is 0 Å². The topological polar surface area (TPSA) is 82.5 Å². The quantitative estimate of drug-likeness (QED) is 0.847. The number of hydrogen-bond acceptors (Lipinski definition) is 5. The largest absolute Gasteiger partial charge is 0.493 e. The van der Waals surface area contributed by atoms with Crippen molar-refractivity contribution in [2.75, 3.05) is 19.5 Å². The van der Waals surface area contributed by atoms with Crippen LogP contribution in [0.3, 0.4) is 0 Å². The number of benzene rings is 1. The Labute approximate surface area is 161 Å². The fourth-order valence-corrected chi connectivity index (χ4v) is 4.36. The third-order valence-corrected chi connectivity index (χ3v) is 5.58. The predicted octanol–water partition coefficient (Wildman–Crippen LogP) is 2.60. The first-order chi connectivity index (χ1) is 12.7. The Morgan fingerprint density at radius 2 is 1.93 bits per heavy atom. The monoisotopic (exact) mass is 391 g/mol. The minimum absolute atomic E-state index is 0.159. The van der Waals surface area contributed by atoms with Gasteiger partial charge in [-0.2, -0.15) is 5.10 Å². The summed E-state index contributed by atoms with van der Waals surface area (Å²) in [5, 5.41) is 7.58. The molecule has 146 valence electrons. The molecule has 1 atom stereocenters. The molecule has 2 heterocycles. The number of hydrogen-bond donors (Lipinski definition) is 1. The first kappa shape index (κ1) is 19.4. The number of methoxy groups -OCH3 is 2. The van der Waals surface area contributed by atoms with Gasteiger partial charge in [0, 0.05) is 16.4 Å². The molecule has 0 bridgehead atoms. The molecule has 0 saturated heterocycles. The van der Waals surface area contributed by atoms with Gasteiger partial charge in [0.2, 0.25) is 5.91 Å². The van der Waals surface area contributed by atoms with Crippen molar-refractivity contribution in [1.82, 2.24) is 9.78 Å². The van der Waals surface area contributed by atoms with Gasteiger partial charge < -0.3 is 14.8 Å². The van der Waals surface area contributed by atoms with E-state index in [-0.39, 0.29) is 17.9 Å². The maximum Gasteiger partial charge on any atom is 0.229 e. The Morgan fingerprint density at radius 1 is 1.22 bits per heavy atom. The molecule has 27 heavy (non-hydrogen) atoms. The molecule has 7 nitrogen and oxygen atoms in total. The zero-order valence-corrected chi connectivity index (χ0v) is 17.1. The number of ether oxygens (including phenoxy) is 2. The number of amides is 1. The number of fused-ring (bicyclic) bond motifs is 1. The Morgan fingerprint density at radius 3 is 2.56 bits per heavy atom. The van der Waals surface area contributed by atoms with Crippen molar-refractivity contribution in [2.45, 2.75) is 44.2 Å². The minimum atomic E-state index is -0.952. The van der Waals surface area contributed by atoms with Crippen molar-refractivity contribution in [3.05, 3.63) is 35.0 Å². The lowest BCUT2D eigenvalue weighted by atomic mass is 10.1. The third-order valence-electron chi connectivity index (χ3n) is 4.38. The van der Waals surface area contributed by atoms with Gasteiger partial charge in [0.1, 0.15) is 5.82 Å². The molecule has 0 unspecified atom stereocenters. The highest BCUT2D eigenvalue weighted by Gasteiger charge is 2.31. The van der Waals surface area contributed by atoms with Gasteiger partial charge in [-0.25, -0.2) is 4.68 Å². The van der Waals surface area contributed by atoms with Gasteiger partial charge in [0.05, 0.1) is 43.4 Å². The molecule has 1 N–H and O–H groups in total. The zero-order chi connectivity index (χ0) is 19.8. The Balaban J connectivity index is 1.84. The van der Waals surface area contributed by atoms with Crippen molar-refractivity contribution < 1.29 is 18.5 Å². The maximum absolute atomic E-state index is 12.7. The summed E-state index contributed by atoms with van der Waals surface area (Å²) in [4.78, 5) is 12.7. The normalized spacial score (nSPS) is 16.1. The second-order valence-corrected chi connectivity index (χ2v) is 8.96. The SMILES string of the molecule is COc1ccc(CC(=O)Nc2c3c(nn2C(C)(C)C)C[S@@](=O)C3)cc1OC. The molecule has 0 radical (unpaired) electrons. The van der Waals surface area contributed by atoms with E-state index in [1.807, 2.05) is 31.5 Å². The average Bonchev–Trinajstić information content (AvgIpc) is 3.11. The summed E-state index contributed by atoms with van der Waals surface area (Å²) >= 11 is 0. The Kier molecular flexibility index (Phi) is 5.28. The maximum atomic E-state index is 12.7. The number of nitrogens with one attached hydrogen (secondary N) is 1. The molecule has 0 saturated carbocycles. The van der Waals surface area contributed by atoms with E-state index in [0.717, 1.165) is 16.8 Å². The van der Waals surface area contributed by atoms with Crippen LogP contribution < -0.4 is 14.8 Å². The van der Waals surface area contributed by atoms with Crippen LogP contribution in [-0.2, 0) is 39.1 Å². The molecule has 0 spiro atoms. The van der Waals surface area contributed by atoms with Gasteiger partial charge in [-0.3, -0.25) is 9.00 Å². The smallest absolute Gasteiger partial charge is 0.229 e. The van der Waals surface area contributed by atoms with Crippen LogP contribution >= 0.6 is 0 Å². The molecule has 3 rings (SSSR count). The summed E-state index contributed by atoms with van der Waals surface area (Å²) in [7, 11) is 2.18. The van der Waals surface area contributed by atoms with Crippen molar-refractivity contribution in [3.8, 4) is 11.5 Å². The summed E-state index contributed by atoms with van der Waals surface area (Å²) in [6, 6.07) is 5.40. The van der Waals surface area contributed by atoms with Gasteiger partial charge in [0.15, 0.2) is 11.5 Å². The fraction of sp³-hybridized carbons (Fsp3) is 0.474. The number of carbonyl (C=O) groups excluding carboxylic acids is 1. The number of carbonyl (C=O) groups is 1. The number of nitrogens with zero attached hydrogens (tertiary/aromatic N) is 2. The van der Waals surface area contributed by atoms with Crippen LogP contribution in [0.2, 0.25) is 0 Å². The van der Waals surface area contributed by atoms with E-state index in [9.17, 15) is 9.00 Å². The predicted molar refractivity (Wildman–Crippen MR) is 105 cm³/mol. The molecule has 1 aliphatic rings. The van der Waals surface area contributed by atoms with E-state index in [0.29, 0.717) is 28.8 Å². The lowest BCUT2D eigenvalue weighted by Gasteiger charge is -2.23. The van der Waals surface area contributed by atoms with Crippen LogP contribution in [0.25, 0.3) is 0 Å². The molecule has 1 aromatic carbocycles. The summed E-state index contributed by atoms with van der Waals surface area (Å²) in [5.41, 5.74) is 2.21. The second-order valence-electron chi connectivity index (χ2n) is 7.50. The summed E-state index contributed by atoms with van der Waals surface area (Å²) in [6.45, 7) is 6.07. The minimum Gasteiger partial charge on any atom is -0.493 e. The summed E-state index contributed by atoms with van der Waals surface area (Å²) < 4.78 is 24.3. The van der Waals surface area contributed by atoms with Gasteiger partial charge in [-0.1, -0.05) is 6.07 Å². The molecular weight excluding hydrogens is 366 g/mol. The number of rotatable bonds is 5. The first-order valence-electron chi connectivity index (χ1n) is 8.70. The molecule has 0 aliphatic carbocycles. The van der Waals surface area contributed by atoms with E-state index in [1.54, 1.807) is 26.4 Å². The van der Waals surface area contributed by atoms with Crippen LogP contribution in [0, 0.1) is 0 Å². The highest BCUT2D eigenvalue weighted by atomic mass is 32.2. The van der Waals surface area contributed by atoms with Crippen LogP contribution in [0.1, 0.15) is 37.6 Å². The first-order valence-corrected chi connectivity index (χ1v) is 10.2. The highest BCUT2D eigenvalue weighted by Crippen LogP contribution is 2.33. The van der Waals surface area contributed by atoms with E-state index in [4.69, 9.17) is 9.47 Å². The summed E-state index contributed by atoms with van der Waals surface area (Å²) in [6.07, 6.45) is 0.188. The van der Waals surface area contributed by atoms with E-state index < -0.39 is 10.8 Å². The zero-order valence-electron chi connectivity index (χ0n) is 16.3. The molecule has 0 fully saturated rings. The summed E-state index contributed by atoms with van der Waals surface area (Å²) in [5.74, 6) is 2.56. The molecule has 1 aromatic heterocycles. The number of anilines is 1.